The van der Waals surface area contributed by atoms with E-state index in [1.807, 2.05) is 0 Å². The van der Waals surface area contributed by atoms with Gasteiger partial charge in [0, 0.05) is 18.7 Å². The lowest BCUT2D eigenvalue weighted by molar-refractivity contribution is 0.0706. The van der Waals surface area contributed by atoms with Gasteiger partial charge in [0.2, 0.25) is 10.0 Å². The molecule has 0 saturated carbocycles. The third kappa shape index (κ3) is 3.48. The van der Waals surface area contributed by atoms with Crippen molar-refractivity contribution in [3.63, 3.8) is 0 Å². The molecule has 0 aliphatic heterocycles. The number of nitrogens with zero attached hydrogens (tertiary/aromatic N) is 2. The lowest BCUT2D eigenvalue weighted by Gasteiger charge is -2.15. The van der Waals surface area contributed by atoms with Gasteiger partial charge in [-0.1, -0.05) is 12.1 Å². The lowest BCUT2D eigenvalue weighted by Crippen LogP contribution is -2.28. The summed E-state index contributed by atoms with van der Waals surface area (Å²) in [5, 5.41) is 12.7. The van der Waals surface area contributed by atoms with Gasteiger partial charge < -0.3 is 0 Å². The van der Waals surface area contributed by atoms with E-state index in [1.165, 1.54) is 16.8 Å². The highest BCUT2D eigenvalue weighted by Crippen LogP contribution is 2.22. The van der Waals surface area contributed by atoms with Crippen LogP contribution >= 0.6 is 0 Å². The van der Waals surface area contributed by atoms with E-state index in [9.17, 15) is 13.2 Å². The number of nitrogens with one attached hydrogen (secondary N) is 2. The minimum absolute atomic E-state index is 0.174. The van der Waals surface area contributed by atoms with E-state index >= 15 is 0 Å². The summed E-state index contributed by atoms with van der Waals surface area (Å²) in [6, 6.07) is 5.76. The van der Waals surface area contributed by atoms with Crippen molar-refractivity contribution >= 4 is 15.9 Å². The van der Waals surface area contributed by atoms with Crippen molar-refractivity contribution in [2.24, 2.45) is 7.05 Å². The predicted octanol–water partition coefficient (Wildman–Crippen LogP) is 1.20. The molecule has 1 atom stereocenters. The standard InChI is InChI=1S/C15H20N4O4S/c1-9(12-5-7-13(8-6-12)15(20)17-21)18-24(22,23)14-10(2)16-19(4)11(14)3/h5-9,18,21H,1-4H3,(H,17,20). The number of amides is 1. The van der Waals surface area contributed by atoms with Gasteiger partial charge in [-0.2, -0.15) is 5.10 Å². The van der Waals surface area contributed by atoms with E-state index in [4.69, 9.17) is 5.21 Å². The van der Waals surface area contributed by atoms with Crippen LogP contribution < -0.4 is 10.2 Å². The third-order valence-corrected chi connectivity index (χ3v) is 5.61. The van der Waals surface area contributed by atoms with Gasteiger partial charge in [-0.05, 0) is 38.5 Å². The number of carbonyl (C=O) groups is 1. The predicted molar refractivity (Wildman–Crippen MR) is 87.1 cm³/mol. The van der Waals surface area contributed by atoms with E-state index in [2.05, 4.69) is 9.82 Å². The number of aromatic nitrogens is 2. The zero-order valence-corrected chi connectivity index (χ0v) is 14.7. The topological polar surface area (TPSA) is 113 Å². The zero-order valence-electron chi connectivity index (χ0n) is 13.9. The summed E-state index contributed by atoms with van der Waals surface area (Å²) < 4.78 is 29.4. The molecule has 0 saturated heterocycles. The molecule has 1 amide bonds. The Labute approximate surface area is 140 Å². The van der Waals surface area contributed by atoms with Gasteiger partial charge in [-0.15, -0.1) is 0 Å². The molecule has 130 valence electrons. The number of hydrogen-bond donors (Lipinski definition) is 3. The molecule has 8 nitrogen and oxygen atoms in total. The van der Waals surface area contributed by atoms with Crippen LogP contribution in [0, 0.1) is 13.8 Å². The highest BCUT2D eigenvalue weighted by atomic mass is 32.2. The number of benzene rings is 1. The van der Waals surface area contributed by atoms with Gasteiger partial charge in [0.25, 0.3) is 5.91 Å². The van der Waals surface area contributed by atoms with Gasteiger partial charge in [0.15, 0.2) is 0 Å². The minimum atomic E-state index is -3.73. The van der Waals surface area contributed by atoms with E-state index in [0.717, 1.165) is 0 Å². The Bertz CT molecular complexity index is 856. The van der Waals surface area contributed by atoms with E-state index < -0.39 is 22.0 Å². The SMILES string of the molecule is Cc1nn(C)c(C)c1S(=O)(=O)NC(C)c1ccc(C(=O)NO)cc1. The van der Waals surface area contributed by atoms with Crippen LogP contribution in [0.4, 0.5) is 0 Å². The molecule has 0 radical (unpaired) electrons. The second-order valence-electron chi connectivity index (χ2n) is 5.53. The maximum atomic E-state index is 12.6. The van der Waals surface area contributed by atoms with Crippen LogP contribution in [0.1, 0.15) is 40.3 Å². The summed E-state index contributed by atoms with van der Waals surface area (Å²) in [7, 11) is -2.04. The first-order chi connectivity index (χ1) is 11.2. The summed E-state index contributed by atoms with van der Waals surface area (Å²) in [6.07, 6.45) is 0. The van der Waals surface area contributed by atoms with Gasteiger partial charge in [0.05, 0.1) is 11.4 Å². The number of hydrogen-bond acceptors (Lipinski definition) is 5. The van der Waals surface area contributed by atoms with Gasteiger partial charge in [0.1, 0.15) is 4.90 Å². The van der Waals surface area contributed by atoms with Crippen LogP contribution in [-0.2, 0) is 17.1 Å². The van der Waals surface area contributed by atoms with Crippen molar-refractivity contribution in [3.8, 4) is 0 Å². The van der Waals surface area contributed by atoms with Crippen LogP contribution in [0.5, 0.6) is 0 Å². The van der Waals surface area contributed by atoms with Crippen molar-refractivity contribution in [1.82, 2.24) is 20.0 Å². The molecule has 3 N–H and O–H groups in total. The van der Waals surface area contributed by atoms with E-state index in [0.29, 0.717) is 17.0 Å². The smallest absolute Gasteiger partial charge is 0.274 e. The summed E-state index contributed by atoms with van der Waals surface area (Å²) >= 11 is 0. The number of hydroxylamine groups is 1. The molecule has 1 heterocycles. The normalized spacial score (nSPS) is 12.9. The molecule has 0 fully saturated rings. The number of aryl methyl sites for hydroxylation is 2. The lowest BCUT2D eigenvalue weighted by atomic mass is 10.1. The second-order valence-corrected chi connectivity index (χ2v) is 7.18. The summed E-state index contributed by atoms with van der Waals surface area (Å²) in [5.74, 6) is -0.628. The fraction of sp³-hybridized carbons (Fsp3) is 0.333. The van der Waals surface area contributed by atoms with Gasteiger partial charge in [-0.25, -0.2) is 18.6 Å². The third-order valence-electron chi connectivity index (χ3n) is 3.82. The zero-order chi connectivity index (χ0) is 18.1. The molecule has 2 aromatic rings. The molecular formula is C15H20N4O4S. The first kappa shape index (κ1) is 18.1. The fourth-order valence-electron chi connectivity index (χ4n) is 2.49. The molecule has 1 unspecified atom stereocenters. The molecule has 24 heavy (non-hydrogen) atoms. The molecule has 9 heteroatoms. The van der Waals surface area contributed by atoms with Crippen molar-refractivity contribution in [2.45, 2.75) is 31.7 Å². The number of rotatable bonds is 5. The summed E-state index contributed by atoms with van der Waals surface area (Å²) in [5.41, 5.74) is 3.50. The van der Waals surface area contributed by atoms with Crippen LogP contribution in [0.15, 0.2) is 29.2 Å². The van der Waals surface area contributed by atoms with Crippen LogP contribution in [0.2, 0.25) is 0 Å². The fourth-order valence-corrected chi connectivity index (χ4v) is 4.16. The molecular weight excluding hydrogens is 332 g/mol. The molecule has 1 aromatic heterocycles. The van der Waals surface area contributed by atoms with Crippen LogP contribution in [-0.4, -0.2) is 29.3 Å². The monoisotopic (exact) mass is 352 g/mol. The van der Waals surface area contributed by atoms with Crippen LogP contribution in [0.25, 0.3) is 0 Å². The Hall–Kier alpha value is -2.23. The molecule has 0 aliphatic carbocycles. The first-order valence-electron chi connectivity index (χ1n) is 7.24. The Morgan fingerprint density at radius 2 is 1.83 bits per heavy atom. The van der Waals surface area contributed by atoms with Crippen molar-refractivity contribution in [3.05, 3.63) is 46.8 Å². The first-order valence-corrected chi connectivity index (χ1v) is 8.72. The van der Waals surface area contributed by atoms with E-state index in [-0.39, 0.29) is 10.5 Å². The molecule has 2 rings (SSSR count). The van der Waals surface area contributed by atoms with Crippen molar-refractivity contribution < 1.29 is 18.4 Å². The Morgan fingerprint density at radius 3 is 2.29 bits per heavy atom. The average molecular weight is 352 g/mol. The Balaban J connectivity index is 2.25. The maximum absolute atomic E-state index is 12.6. The minimum Gasteiger partial charge on any atom is -0.288 e. The van der Waals surface area contributed by atoms with Crippen molar-refractivity contribution in [2.75, 3.05) is 0 Å². The molecule has 1 aromatic carbocycles. The largest absolute Gasteiger partial charge is 0.288 e. The molecule has 0 spiro atoms. The molecule has 0 bridgehead atoms. The Kier molecular flexibility index (Phi) is 5.07. The maximum Gasteiger partial charge on any atom is 0.274 e. The Morgan fingerprint density at radius 1 is 1.25 bits per heavy atom. The van der Waals surface area contributed by atoms with Gasteiger partial charge in [-0.3, -0.25) is 14.7 Å². The average Bonchev–Trinajstić information content (AvgIpc) is 2.79. The quantitative estimate of drug-likeness (QED) is 0.553. The van der Waals surface area contributed by atoms with E-state index in [1.54, 1.807) is 45.4 Å². The summed E-state index contributed by atoms with van der Waals surface area (Å²) in [4.78, 5) is 11.5. The molecule has 0 aliphatic rings. The number of sulfonamides is 1. The van der Waals surface area contributed by atoms with Crippen LogP contribution in [0.3, 0.4) is 0 Å². The van der Waals surface area contributed by atoms with Crippen molar-refractivity contribution in [1.29, 1.82) is 0 Å². The number of carbonyl (C=O) groups excluding carboxylic acids is 1. The highest BCUT2D eigenvalue weighted by molar-refractivity contribution is 7.89. The highest BCUT2D eigenvalue weighted by Gasteiger charge is 2.25. The summed E-state index contributed by atoms with van der Waals surface area (Å²) in [6.45, 7) is 5.05. The second kappa shape index (κ2) is 6.71. The van der Waals surface area contributed by atoms with Gasteiger partial charge >= 0.3 is 0 Å².